The zero-order chi connectivity index (χ0) is 14.1. The third kappa shape index (κ3) is 2.38. The van der Waals surface area contributed by atoms with Crippen molar-refractivity contribution < 1.29 is 0 Å². The van der Waals surface area contributed by atoms with E-state index in [-0.39, 0.29) is 0 Å². The van der Waals surface area contributed by atoms with E-state index < -0.39 is 0 Å². The van der Waals surface area contributed by atoms with Crippen molar-refractivity contribution in [2.75, 3.05) is 7.05 Å². The first-order valence-corrected chi connectivity index (χ1v) is 7.50. The van der Waals surface area contributed by atoms with E-state index >= 15 is 0 Å². The summed E-state index contributed by atoms with van der Waals surface area (Å²) in [5, 5.41) is 3.54. The smallest absolute Gasteiger partial charge is 0.0177 e. The average Bonchev–Trinajstić information content (AvgIpc) is 2.43. The van der Waals surface area contributed by atoms with Gasteiger partial charge in [0.25, 0.3) is 0 Å². The highest BCUT2D eigenvalue weighted by Gasteiger charge is 2.31. The van der Waals surface area contributed by atoms with Gasteiger partial charge in [-0.25, -0.2) is 0 Å². The van der Waals surface area contributed by atoms with E-state index in [0.717, 1.165) is 6.42 Å². The molecular weight excluding hydrogens is 242 g/mol. The molecule has 3 rings (SSSR count). The number of aryl methyl sites for hydroxylation is 2. The molecule has 0 saturated heterocycles. The fraction of sp³-hybridized carbons (Fsp3) is 0.368. The Hall–Kier alpha value is -1.60. The molecule has 0 radical (unpaired) electrons. The zero-order valence-corrected chi connectivity index (χ0v) is 12.6. The number of hydrogen-bond donors (Lipinski definition) is 1. The first-order valence-electron chi connectivity index (χ1n) is 7.50. The molecule has 0 saturated carbocycles. The second-order valence-electron chi connectivity index (χ2n) is 6.04. The lowest BCUT2D eigenvalue weighted by atomic mass is 9.72. The monoisotopic (exact) mass is 265 g/mol. The number of likely N-dealkylation sites (N-methyl/N-ethyl adjacent to an activating group) is 1. The lowest BCUT2D eigenvalue weighted by Crippen LogP contribution is -2.39. The summed E-state index contributed by atoms with van der Waals surface area (Å²) in [4.78, 5) is 0. The van der Waals surface area contributed by atoms with Gasteiger partial charge in [-0.1, -0.05) is 48.0 Å². The van der Waals surface area contributed by atoms with Crippen LogP contribution in [0.5, 0.6) is 0 Å². The van der Waals surface area contributed by atoms with Crippen LogP contribution in [0.1, 0.15) is 33.7 Å². The van der Waals surface area contributed by atoms with Crippen LogP contribution >= 0.6 is 0 Å². The van der Waals surface area contributed by atoms with E-state index in [1.165, 1.54) is 34.2 Å². The van der Waals surface area contributed by atoms with Gasteiger partial charge in [-0.3, -0.25) is 0 Å². The largest absolute Gasteiger partial charge is 0.316 e. The van der Waals surface area contributed by atoms with Gasteiger partial charge in [0.1, 0.15) is 0 Å². The second kappa shape index (κ2) is 5.41. The Bertz CT molecular complexity index is 615. The normalized spacial score (nSPS) is 18.2. The van der Waals surface area contributed by atoms with Crippen LogP contribution in [-0.2, 0) is 12.8 Å². The van der Waals surface area contributed by atoms with Crippen LogP contribution < -0.4 is 5.32 Å². The molecule has 0 aromatic heterocycles. The lowest BCUT2D eigenvalue weighted by molar-refractivity contribution is 0.422. The summed E-state index contributed by atoms with van der Waals surface area (Å²) >= 11 is 0. The number of rotatable bonds is 4. The van der Waals surface area contributed by atoms with E-state index in [1.54, 1.807) is 0 Å². The molecule has 0 heterocycles. The van der Waals surface area contributed by atoms with Crippen molar-refractivity contribution in [1.29, 1.82) is 0 Å². The maximum Gasteiger partial charge on any atom is 0.0177 e. The first-order chi connectivity index (χ1) is 9.69. The van der Waals surface area contributed by atoms with Gasteiger partial charge in [-0.05, 0) is 56.0 Å². The highest BCUT2D eigenvalue weighted by atomic mass is 14.9. The second-order valence-corrected chi connectivity index (χ2v) is 6.04. The van der Waals surface area contributed by atoms with E-state index in [0.29, 0.717) is 12.0 Å². The van der Waals surface area contributed by atoms with Crippen molar-refractivity contribution >= 4 is 0 Å². The average molecular weight is 265 g/mol. The highest BCUT2D eigenvalue weighted by molar-refractivity contribution is 5.42. The third-order valence-corrected chi connectivity index (χ3v) is 4.70. The summed E-state index contributed by atoms with van der Waals surface area (Å²) in [5.41, 5.74) is 7.31. The predicted molar refractivity (Wildman–Crippen MR) is 85.4 cm³/mol. The summed E-state index contributed by atoms with van der Waals surface area (Å²) in [5.74, 6) is 0.663. The van der Waals surface area contributed by atoms with Gasteiger partial charge in [0.05, 0.1) is 0 Å². The molecular formula is C19H23N. The van der Waals surface area contributed by atoms with Crippen molar-refractivity contribution in [2.45, 2.75) is 38.6 Å². The Kier molecular flexibility index (Phi) is 3.62. The Morgan fingerprint density at radius 1 is 1.15 bits per heavy atom. The van der Waals surface area contributed by atoms with Gasteiger partial charge in [-0.2, -0.15) is 0 Å². The van der Waals surface area contributed by atoms with E-state index in [4.69, 9.17) is 0 Å². The third-order valence-electron chi connectivity index (χ3n) is 4.70. The standard InChI is InChI=1S/C19H23N/c1-13-8-9-14(2)16(10-13)12-19(20-3)18-11-15-6-4-5-7-17(15)18/h4-10,18-20H,11-12H2,1-3H3. The molecule has 0 aliphatic heterocycles. The Morgan fingerprint density at radius 2 is 1.95 bits per heavy atom. The number of hydrogen-bond acceptors (Lipinski definition) is 1. The Balaban J connectivity index is 1.81. The van der Waals surface area contributed by atoms with Crippen molar-refractivity contribution in [1.82, 2.24) is 5.32 Å². The molecule has 1 aliphatic rings. The summed E-state index contributed by atoms with van der Waals surface area (Å²) in [6.07, 6.45) is 2.33. The Morgan fingerprint density at radius 3 is 2.70 bits per heavy atom. The molecule has 0 fully saturated rings. The number of fused-ring (bicyclic) bond motifs is 1. The predicted octanol–water partition coefficient (Wildman–Crippen LogP) is 3.77. The molecule has 2 unspecified atom stereocenters. The van der Waals surface area contributed by atoms with Gasteiger partial charge >= 0.3 is 0 Å². The van der Waals surface area contributed by atoms with Crippen LogP contribution in [0, 0.1) is 13.8 Å². The minimum atomic E-state index is 0.533. The van der Waals surface area contributed by atoms with Crippen molar-refractivity contribution in [2.24, 2.45) is 0 Å². The van der Waals surface area contributed by atoms with Crippen molar-refractivity contribution in [3.05, 3.63) is 70.3 Å². The van der Waals surface area contributed by atoms with Crippen LogP contribution in [0.2, 0.25) is 0 Å². The lowest BCUT2D eigenvalue weighted by Gasteiger charge is -2.37. The molecule has 2 aromatic carbocycles. The number of benzene rings is 2. The van der Waals surface area contributed by atoms with Crippen LogP contribution in [0.15, 0.2) is 42.5 Å². The summed E-state index contributed by atoms with van der Waals surface area (Å²) in [6, 6.07) is 16.2. The molecule has 1 N–H and O–H groups in total. The maximum absolute atomic E-state index is 3.54. The van der Waals surface area contributed by atoms with Crippen LogP contribution in [-0.4, -0.2) is 13.1 Å². The molecule has 0 amide bonds. The molecule has 2 atom stereocenters. The van der Waals surface area contributed by atoms with E-state index in [2.05, 4.69) is 68.7 Å². The van der Waals surface area contributed by atoms with Gasteiger partial charge in [0.2, 0.25) is 0 Å². The molecule has 0 bridgehead atoms. The number of nitrogens with one attached hydrogen (secondary N) is 1. The molecule has 1 nitrogen and oxygen atoms in total. The summed E-state index contributed by atoms with van der Waals surface area (Å²) < 4.78 is 0. The zero-order valence-electron chi connectivity index (χ0n) is 12.6. The van der Waals surface area contributed by atoms with Gasteiger partial charge < -0.3 is 5.32 Å². The fourth-order valence-corrected chi connectivity index (χ4v) is 3.36. The van der Waals surface area contributed by atoms with Crippen LogP contribution in [0.25, 0.3) is 0 Å². The van der Waals surface area contributed by atoms with Crippen molar-refractivity contribution in [3.8, 4) is 0 Å². The highest BCUT2D eigenvalue weighted by Crippen LogP contribution is 2.38. The van der Waals surface area contributed by atoms with Gasteiger partial charge in [0, 0.05) is 12.0 Å². The molecule has 1 aliphatic carbocycles. The van der Waals surface area contributed by atoms with Gasteiger partial charge in [-0.15, -0.1) is 0 Å². The van der Waals surface area contributed by atoms with Crippen LogP contribution in [0.3, 0.4) is 0 Å². The first kappa shape index (κ1) is 13.4. The SMILES string of the molecule is CNC(Cc1cc(C)ccc1C)C1Cc2ccccc21. The Labute approximate surface area is 122 Å². The summed E-state index contributed by atoms with van der Waals surface area (Å²) in [7, 11) is 2.09. The fourth-order valence-electron chi connectivity index (χ4n) is 3.36. The molecule has 104 valence electrons. The summed E-state index contributed by atoms with van der Waals surface area (Å²) in [6.45, 7) is 4.40. The van der Waals surface area contributed by atoms with Gasteiger partial charge in [0.15, 0.2) is 0 Å². The molecule has 0 spiro atoms. The molecule has 2 aromatic rings. The molecule has 1 heteroatoms. The topological polar surface area (TPSA) is 12.0 Å². The molecule has 20 heavy (non-hydrogen) atoms. The van der Waals surface area contributed by atoms with E-state index in [1.807, 2.05) is 0 Å². The quantitative estimate of drug-likeness (QED) is 0.887. The maximum atomic E-state index is 3.54. The van der Waals surface area contributed by atoms with Crippen molar-refractivity contribution in [3.63, 3.8) is 0 Å². The minimum Gasteiger partial charge on any atom is -0.316 e. The minimum absolute atomic E-state index is 0.533. The van der Waals surface area contributed by atoms with Crippen LogP contribution in [0.4, 0.5) is 0 Å². The van der Waals surface area contributed by atoms with E-state index in [9.17, 15) is 0 Å².